The van der Waals surface area contributed by atoms with Crippen LogP contribution in [0.3, 0.4) is 0 Å². The Morgan fingerprint density at radius 1 is 1.36 bits per heavy atom. The van der Waals surface area contributed by atoms with Crippen LogP contribution in [0.1, 0.15) is 42.1 Å². The molecule has 0 radical (unpaired) electrons. The normalized spacial score (nSPS) is 31.0. The maximum Gasteiger partial charge on any atom is 0.248 e. The lowest BCUT2D eigenvalue weighted by molar-refractivity contribution is -0.161. The van der Waals surface area contributed by atoms with Crippen molar-refractivity contribution in [3.05, 3.63) is 35.1 Å². The van der Waals surface area contributed by atoms with Crippen LogP contribution >= 0.6 is 0 Å². The third-order valence-electron chi connectivity index (χ3n) is 5.12. The maximum absolute atomic E-state index is 14.1. The third kappa shape index (κ3) is 2.42. The number of nitrogens with two attached hydrogens (primary N) is 1. The second kappa shape index (κ2) is 5.97. The third-order valence-corrected chi connectivity index (χ3v) is 5.12. The summed E-state index contributed by atoms with van der Waals surface area (Å²) in [5, 5.41) is 3.46. The Kier molecular flexibility index (Phi) is 4.19. The summed E-state index contributed by atoms with van der Waals surface area (Å²) in [6.07, 6.45) is 3.27. The van der Waals surface area contributed by atoms with Gasteiger partial charge < -0.3 is 15.8 Å². The first-order valence-electron chi connectivity index (χ1n) is 8.03. The summed E-state index contributed by atoms with van der Waals surface area (Å²) < 4.78 is 20.3. The van der Waals surface area contributed by atoms with Crippen LogP contribution in [0.25, 0.3) is 0 Å². The number of nitrogens with one attached hydrogen (secondary N) is 1. The Morgan fingerprint density at radius 2 is 2.05 bits per heavy atom. The van der Waals surface area contributed by atoms with Gasteiger partial charge in [0.25, 0.3) is 0 Å². The fraction of sp³-hybridized carbons (Fsp3) is 0.588. The van der Waals surface area contributed by atoms with Crippen LogP contribution in [0.2, 0.25) is 0 Å². The summed E-state index contributed by atoms with van der Waals surface area (Å²) in [6, 6.07) is 4.43. The van der Waals surface area contributed by atoms with E-state index in [1.165, 1.54) is 18.6 Å². The highest BCUT2D eigenvalue weighted by atomic mass is 19.1. The molecular formula is C17H23FN2O2. The molecule has 22 heavy (non-hydrogen) atoms. The number of fused-ring (bicyclic) bond motifs is 2. The molecule has 2 unspecified atom stereocenters. The van der Waals surface area contributed by atoms with Crippen molar-refractivity contribution < 1.29 is 13.9 Å². The lowest BCUT2D eigenvalue weighted by Crippen LogP contribution is -2.58. The Bertz CT molecular complexity index is 554. The number of rotatable bonds is 4. The molecule has 0 spiro atoms. The SMILES string of the molecule is CCOC1(c2cc(F)cc(C(N)=O)c2)C2CCCC1CNC2. The first kappa shape index (κ1) is 15.4. The molecule has 1 amide bonds. The van der Waals surface area contributed by atoms with E-state index in [1.807, 2.05) is 6.92 Å². The highest BCUT2D eigenvalue weighted by molar-refractivity contribution is 5.93. The van der Waals surface area contributed by atoms with E-state index in [0.29, 0.717) is 18.4 Å². The number of halogens is 1. The summed E-state index contributed by atoms with van der Waals surface area (Å²) in [5.74, 6) is -0.446. The summed E-state index contributed by atoms with van der Waals surface area (Å²) in [4.78, 5) is 11.5. The molecule has 2 atom stereocenters. The van der Waals surface area contributed by atoms with Gasteiger partial charge >= 0.3 is 0 Å². The number of piperidine rings is 1. The van der Waals surface area contributed by atoms with E-state index in [9.17, 15) is 9.18 Å². The number of benzene rings is 1. The number of primary amides is 1. The van der Waals surface area contributed by atoms with Crippen LogP contribution in [0, 0.1) is 17.7 Å². The zero-order valence-corrected chi connectivity index (χ0v) is 12.9. The van der Waals surface area contributed by atoms with Crippen LogP contribution in [-0.4, -0.2) is 25.6 Å². The van der Waals surface area contributed by atoms with Crippen molar-refractivity contribution >= 4 is 5.91 Å². The molecule has 5 heteroatoms. The molecule has 4 nitrogen and oxygen atoms in total. The minimum absolute atomic E-state index is 0.214. The van der Waals surface area contributed by atoms with Crippen molar-refractivity contribution in [1.29, 1.82) is 0 Å². The first-order chi connectivity index (χ1) is 10.6. The van der Waals surface area contributed by atoms with Crippen molar-refractivity contribution in [2.45, 2.75) is 31.8 Å². The Hall–Kier alpha value is -1.46. The van der Waals surface area contributed by atoms with E-state index in [-0.39, 0.29) is 5.56 Å². The molecular weight excluding hydrogens is 283 g/mol. The van der Waals surface area contributed by atoms with Crippen LogP contribution in [0.4, 0.5) is 4.39 Å². The van der Waals surface area contributed by atoms with E-state index in [2.05, 4.69) is 5.32 Å². The summed E-state index contributed by atoms with van der Waals surface area (Å²) in [6.45, 7) is 4.25. The smallest absolute Gasteiger partial charge is 0.248 e. The molecule has 120 valence electrons. The molecule has 1 aromatic rings. The molecule has 1 saturated heterocycles. The van der Waals surface area contributed by atoms with Gasteiger partial charge in [-0.05, 0) is 43.5 Å². The fourth-order valence-corrected chi connectivity index (χ4v) is 4.30. The molecule has 2 aliphatic rings. The zero-order chi connectivity index (χ0) is 15.7. The van der Waals surface area contributed by atoms with Gasteiger partial charge in [-0.3, -0.25) is 4.79 Å². The summed E-state index contributed by atoms with van der Waals surface area (Å²) in [7, 11) is 0. The Labute approximate surface area is 130 Å². The fourth-order valence-electron chi connectivity index (χ4n) is 4.30. The van der Waals surface area contributed by atoms with Crippen LogP contribution < -0.4 is 11.1 Å². The average Bonchev–Trinajstić information content (AvgIpc) is 2.46. The molecule has 0 aromatic heterocycles. The number of amides is 1. The number of carbonyl (C=O) groups is 1. The molecule has 1 heterocycles. The molecule has 3 rings (SSSR count). The van der Waals surface area contributed by atoms with Crippen molar-refractivity contribution in [1.82, 2.24) is 5.32 Å². The highest BCUT2D eigenvalue weighted by Gasteiger charge is 2.51. The molecule has 1 aliphatic carbocycles. The Morgan fingerprint density at radius 3 is 2.64 bits per heavy atom. The van der Waals surface area contributed by atoms with Gasteiger partial charge in [0.2, 0.25) is 5.91 Å². The van der Waals surface area contributed by atoms with Crippen LogP contribution in [-0.2, 0) is 10.3 Å². The number of carbonyl (C=O) groups excluding carboxylic acids is 1. The first-order valence-corrected chi connectivity index (χ1v) is 8.03. The molecule has 2 bridgehead atoms. The minimum atomic E-state index is -0.605. The predicted octanol–water partition coefficient (Wildman–Crippen LogP) is 2.18. The van der Waals surface area contributed by atoms with E-state index >= 15 is 0 Å². The number of ether oxygens (including phenoxy) is 1. The van der Waals surface area contributed by atoms with Crippen molar-refractivity contribution in [3.8, 4) is 0 Å². The van der Waals surface area contributed by atoms with E-state index in [4.69, 9.17) is 10.5 Å². The van der Waals surface area contributed by atoms with Crippen molar-refractivity contribution in [3.63, 3.8) is 0 Å². The highest BCUT2D eigenvalue weighted by Crippen LogP contribution is 2.50. The van der Waals surface area contributed by atoms with E-state index in [0.717, 1.165) is 31.5 Å². The summed E-state index contributed by atoms with van der Waals surface area (Å²) >= 11 is 0. The van der Waals surface area contributed by atoms with Gasteiger partial charge in [0.1, 0.15) is 11.4 Å². The Balaban J connectivity index is 2.13. The van der Waals surface area contributed by atoms with Gasteiger partial charge in [-0.25, -0.2) is 4.39 Å². The van der Waals surface area contributed by atoms with Crippen LogP contribution in [0.15, 0.2) is 18.2 Å². The van der Waals surface area contributed by atoms with Crippen LogP contribution in [0.5, 0.6) is 0 Å². The van der Waals surface area contributed by atoms with Crippen molar-refractivity contribution in [2.75, 3.05) is 19.7 Å². The largest absolute Gasteiger partial charge is 0.370 e. The molecule has 3 N–H and O–H groups in total. The number of hydrogen-bond acceptors (Lipinski definition) is 3. The molecule has 1 saturated carbocycles. The second-order valence-corrected chi connectivity index (χ2v) is 6.30. The molecule has 1 aliphatic heterocycles. The minimum Gasteiger partial charge on any atom is -0.370 e. The van der Waals surface area contributed by atoms with Gasteiger partial charge in [-0.15, -0.1) is 0 Å². The topological polar surface area (TPSA) is 64.3 Å². The maximum atomic E-state index is 14.1. The average molecular weight is 306 g/mol. The monoisotopic (exact) mass is 306 g/mol. The second-order valence-electron chi connectivity index (χ2n) is 6.30. The molecule has 1 aromatic carbocycles. The van der Waals surface area contributed by atoms with Gasteiger partial charge in [-0.1, -0.05) is 6.42 Å². The zero-order valence-electron chi connectivity index (χ0n) is 12.9. The van der Waals surface area contributed by atoms with E-state index < -0.39 is 17.3 Å². The van der Waals surface area contributed by atoms with Gasteiger partial charge in [-0.2, -0.15) is 0 Å². The standard InChI is InChI=1S/C17H23FN2O2/c1-2-22-17(12-4-3-5-13(17)10-20-9-12)14-6-11(16(19)21)7-15(18)8-14/h6-8,12-13,20H,2-5,9-10H2,1H3,(H2,19,21). The lowest BCUT2D eigenvalue weighted by Gasteiger charge is -2.53. The van der Waals surface area contributed by atoms with E-state index in [1.54, 1.807) is 6.07 Å². The van der Waals surface area contributed by atoms with Gasteiger partial charge in [0.15, 0.2) is 0 Å². The van der Waals surface area contributed by atoms with Gasteiger partial charge in [0, 0.05) is 37.1 Å². The number of hydrogen-bond donors (Lipinski definition) is 2. The summed E-state index contributed by atoms with van der Waals surface area (Å²) in [5.41, 5.74) is 5.82. The molecule has 2 fully saturated rings. The van der Waals surface area contributed by atoms with Crippen molar-refractivity contribution in [2.24, 2.45) is 17.6 Å². The van der Waals surface area contributed by atoms with Gasteiger partial charge in [0.05, 0.1) is 0 Å². The lowest BCUT2D eigenvalue weighted by atomic mass is 9.62. The quantitative estimate of drug-likeness (QED) is 0.896. The predicted molar refractivity (Wildman–Crippen MR) is 81.9 cm³/mol.